The van der Waals surface area contributed by atoms with Crippen LogP contribution in [0.5, 0.6) is 5.75 Å². The van der Waals surface area contributed by atoms with E-state index in [0.29, 0.717) is 27.6 Å². The maximum atomic E-state index is 12.5. The number of amides is 3. The molecule has 3 rings (SSSR count). The molecule has 32 heavy (non-hydrogen) atoms. The third kappa shape index (κ3) is 4.75. The van der Waals surface area contributed by atoms with Gasteiger partial charge in [-0.25, -0.2) is 0 Å². The monoisotopic (exact) mass is 458 g/mol. The van der Waals surface area contributed by atoms with Gasteiger partial charge in [0.25, 0.3) is 17.7 Å². The predicted octanol–water partition coefficient (Wildman–Crippen LogP) is 3.52. The summed E-state index contributed by atoms with van der Waals surface area (Å²) < 4.78 is 10.4. The van der Waals surface area contributed by atoms with Gasteiger partial charge in [0.2, 0.25) is 0 Å². The van der Waals surface area contributed by atoms with Crippen molar-refractivity contribution in [2.75, 3.05) is 19.0 Å². The van der Waals surface area contributed by atoms with Gasteiger partial charge in [0.1, 0.15) is 5.75 Å². The molecule has 2 aromatic carbocycles. The average molecular weight is 459 g/mol. The van der Waals surface area contributed by atoms with Gasteiger partial charge < -0.3 is 14.8 Å². The van der Waals surface area contributed by atoms with Gasteiger partial charge in [-0.05, 0) is 44.5 Å². The van der Waals surface area contributed by atoms with Crippen LogP contribution in [0.15, 0.2) is 30.3 Å². The normalized spacial score (nSPS) is 13.6. The number of hydrogen-bond donors (Lipinski definition) is 1. The summed E-state index contributed by atoms with van der Waals surface area (Å²) in [6, 6.07) is 8.22. The van der Waals surface area contributed by atoms with Gasteiger partial charge >= 0.3 is 5.97 Å². The number of carbonyl (C=O) groups excluding carboxylic acids is 4. The largest absolute Gasteiger partial charge is 0.495 e. The van der Waals surface area contributed by atoms with Crippen LogP contribution in [0.2, 0.25) is 5.02 Å². The van der Waals surface area contributed by atoms with Crippen LogP contribution in [-0.2, 0) is 14.3 Å². The molecule has 1 aliphatic rings. The number of nitrogens with zero attached hydrogens (tertiary/aromatic N) is 1. The number of imide groups is 1. The molecule has 0 spiro atoms. The van der Waals surface area contributed by atoms with Crippen LogP contribution in [0.4, 0.5) is 5.69 Å². The molecule has 8 nitrogen and oxygen atoms in total. The Bertz CT molecular complexity index is 1110. The minimum atomic E-state index is -1.10. The molecule has 1 aliphatic heterocycles. The van der Waals surface area contributed by atoms with Gasteiger partial charge in [0.15, 0.2) is 6.10 Å². The zero-order chi connectivity index (χ0) is 23.6. The van der Waals surface area contributed by atoms with Crippen LogP contribution < -0.4 is 10.1 Å². The van der Waals surface area contributed by atoms with Crippen molar-refractivity contribution in [2.45, 2.75) is 33.3 Å². The molecule has 1 heterocycles. The van der Waals surface area contributed by atoms with Crippen molar-refractivity contribution in [2.24, 2.45) is 0 Å². The number of benzene rings is 2. The molecule has 0 aromatic heterocycles. The highest BCUT2D eigenvalue weighted by Crippen LogP contribution is 2.31. The summed E-state index contributed by atoms with van der Waals surface area (Å²) in [5, 5.41) is 3.13. The smallest absolute Gasteiger partial charge is 0.308 e. The average Bonchev–Trinajstić information content (AvgIpc) is 2.98. The third-order valence-corrected chi connectivity index (χ3v) is 5.49. The second-order valence-electron chi connectivity index (χ2n) is 7.48. The SMILES string of the molecule is COc1cc(Cl)c(C)cc1NC(=O)C(C)OC(=O)CCN1C(=O)c2ccc(C)cc2C1=O. The Morgan fingerprint density at radius 2 is 1.78 bits per heavy atom. The zero-order valence-electron chi connectivity index (χ0n) is 18.2. The topological polar surface area (TPSA) is 102 Å². The maximum Gasteiger partial charge on any atom is 0.308 e. The second-order valence-corrected chi connectivity index (χ2v) is 7.89. The summed E-state index contributed by atoms with van der Waals surface area (Å²) in [6.45, 7) is 4.89. The molecular weight excluding hydrogens is 436 g/mol. The lowest BCUT2D eigenvalue weighted by atomic mass is 10.1. The van der Waals surface area contributed by atoms with Gasteiger partial charge in [-0.15, -0.1) is 0 Å². The lowest BCUT2D eigenvalue weighted by Gasteiger charge is -2.17. The summed E-state index contributed by atoms with van der Waals surface area (Å²) in [5.41, 5.74) is 2.63. The lowest BCUT2D eigenvalue weighted by molar-refractivity contribution is -0.153. The molecule has 0 saturated carbocycles. The van der Waals surface area contributed by atoms with Crippen molar-refractivity contribution in [1.29, 1.82) is 0 Å². The lowest BCUT2D eigenvalue weighted by Crippen LogP contribution is -2.34. The molecular formula is C23H23ClN2O6. The van der Waals surface area contributed by atoms with Crippen molar-refractivity contribution in [3.05, 3.63) is 57.6 Å². The van der Waals surface area contributed by atoms with E-state index < -0.39 is 29.8 Å². The minimum absolute atomic E-state index is 0.136. The third-order valence-electron chi connectivity index (χ3n) is 5.08. The van der Waals surface area contributed by atoms with Crippen molar-refractivity contribution in [3.63, 3.8) is 0 Å². The Labute approximate surface area is 190 Å². The highest BCUT2D eigenvalue weighted by atomic mass is 35.5. The number of rotatable bonds is 7. The van der Waals surface area contributed by atoms with Crippen LogP contribution >= 0.6 is 11.6 Å². The van der Waals surface area contributed by atoms with Crippen LogP contribution in [0.25, 0.3) is 0 Å². The van der Waals surface area contributed by atoms with Crippen LogP contribution in [-0.4, -0.2) is 48.3 Å². The predicted molar refractivity (Wildman–Crippen MR) is 118 cm³/mol. The molecule has 1 N–H and O–H groups in total. The number of halogens is 1. The number of carbonyl (C=O) groups is 4. The van der Waals surface area contributed by atoms with Crippen molar-refractivity contribution in [3.8, 4) is 5.75 Å². The van der Waals surface area contributed by atoms with Gasteiger partial charge in [-0.1, -0.05) is 23.2 Å². The molecule has 1 atom stereocenters. The van der Waals surface area contributed by atoms with E-state index >= 15 is 0 Å². The number of aryl methyl sites for hydroxylation is 2. The van der Waals surface area contributed by atoms with Crippen molar-refractivity contribution >= 4 is 41.0 Å². The Morgan fingerprint density at radius 3 is 2.47 bits per heavy atom. The molecule has 0 aliphatic carbocycles. The molecule has 0 bridgehead atoms. The first-order valence-corrected chi connectivity index (χ1v) is 10.3. The van der Waals surface area contributed by atoms with E-state index in [4.69, 9.17) is 21.1 Å². The minimum Gasteiger partial charge on any atom is -0.495 e. The molecule has 2 aromatic rings. The van der Waals surface area contributed by atoms with E-state index in [1.165, 1.54) is 14.0 Å². The van der Waals surface area contributed by atoms with Gasteiger partial charge in [0, 0.05) is 17.6 Å². The Hall–Kier alpha value is -3.39. The van der Waals surface area contributed by atoms with E-state index in [-0.39, 0.29) is 13.0 Å². The Balaban J connectivity index is 1.56. The van der Waals surface area contributed by atoms with Gasteiger partial charge in [0.05, 0.1) is 30.3 Å². The first-order valence-electron chi connectivity index (χ1n) is 9.93. The molecule has 1 unspecified atom stereocenters. The number of anilines is 1. The van der Waals surface area contributed by atoms with E-state index in [1.54, 1.807) is 37.3 Å². The van der Waals surface area contributed by atoms with E-state index in [0.717, 1.165) is 16.0 Å². The zero-order valence-corrected chi connectivity index (χ0v) is 18.9. The first-order chi connectivity index (χ1) is 15.1. The summed E-state index contributed by atoms with van der Waals surface area (Å²) >= 11 is 6.06. The number of hydrogen-bond acceptors (Lipinski definition) is 6. The molecule has 3 amide bonds. The van der Waals surface area contributed by atoms with E-state index in [2.05, 4.69) is 5.32 Å². The standard InChI is InChI=1S/C23H23ClN2O6/c1-12-5-6-15-16(9-12)23(30)26(22(15)29)8-7-20(27)32-14(3)21(28)25-18-10-13(2)17(24)11-19(18)31-4/h5-6,9-11,14H,7-8H2,1-4H3,(H,25,28). The molecule has 9 heteroatoms. The Morgan fingerprint density at radius 1 is 1.09 bits per heavy atom. The highest BCUT2D eigenvalue weighted by molar-refractivity contribution is 6.31. The number of fused-ring (bicyclic) bond motifs is 1. The van der Waals surface area contributed by atoms with Crippen LogP contribution in [0, 0.1) is 13.8 Å². The van der Waals surface area contributed by atoms with E-state index in [1.807, 2.05) is 6.92 Å². The molecule has 168 valence electrons. The number of methoxy groups -OCH3 is 1. The number of nitrogens with one attached hydrogen (secondary N) is 1. The molecule has 0 fully saturated rings. The van der Waals surface area contributed by atoms with Gasteiger partial charge in [-0.3, -0.25) is 24.1 Å². The fourth-order valence-corrected chi connectivity index (χ4v) is 3.44. The summed E-state index contributed by atoms with van der Waals surface area (Å²) in [6.07, 6.45) is -1.33. The summed E-state index contributed by atoms with van der Waals surface area (Å²) in [4.78, 5) is 50.6. The second kappa shape index (κ2) is 9.40. The van der Waals surface area contributed by atoms with Crippen molar-refractivity contribution < 1.29 is 28.7 Å². The quantitative estimate of drug-likeness (QED) is 0.503. The number of esters is 1. The van der Waals surface area contributed by atoms with E-state index in [9.17, 15) is 19.2 Å². The maximum absolute atomic E-state index is 12.5. The Kier molecular flexibility index (Phi) is 6.84. The molecule has 0 radical (unpaired) electrons. The first kappa shape index (κ1) is 23.3. The van der Waals surface area contributed by atoms with Crippen LogP contribution in [0.3, 0.4) is 0 Å². The summed E-state index contributed by atoms with van der Waals surface area (Å²) in [5.74, 6) is -1.80. The fourth-order valence-electron chi connectivity index (χ4n) is 3.28. The number of ether oxygens (including phenoxy) is 2. The van der Waals surface area contributed by atoms with Crippen LogP contribution in [0.1, 0.15) is 45.2 Å². The molecule has 0 saturated heterocycles. The van der Waals surface area contributed by atoms with Gasteiger partial charge in [-0.2, -0.15) is 0 Å². The summed E-state index contributed by atoms with van der Waals surface area (Å²) in [7, 11) is 1.45. The highest BCUT2D eigenvalue weighted by Gasteiger charge is 2.35. The van der Waals surface area contributed by atoms with Crippen molar-refractivity contribution in [1.82, 2.24) is 4.90 Å². The fraction of sp³-hybridized carbons (Fsp3) is 0.304.